The second kappa shape index (κ2) is 1.85. The molecule has 0 aromatic carbocycles. The molecule has 1 N–H and O–H groups in total. The van der Waals surface area contributed by atoms with Crippen molar-refractivity contribution < 1.29 is 5.11 Å². The molecule has 2 aliphatic carbocycles. The van der Waals surface area contributed by atoms with Crippen LogP contribution in [0.5, 0.6) is 0 Å². The summed E-state index contributed by atoms with van der Waals surface area (Å²) in [7, 11) is 0. The maximum Gasteiger partial charge on any atom is 0.0861 e. The van der Waals surface area contributed by atoms with Crippen molar-refractivity contribution in [2.45, 2.75) is 45.1 Å². The zero-order valence-electron chi connectivity index (χ0n) is 7.72. The molecule has 0 aromatic heterocycles. The molecule has 0 aromatic rings. The minimum Gasteiger partial charge on any atom is -0.388 e. The fourth-order valence-electron chi connectivity index (χ4n) is 2.68. The van der Waals surface area contributed by atoms with Crippen molar-refractivity contribution >= 4 is 0 Å². The third kappa shape index (κ3) is 0.834. The molecule has 0 atom stereocenters. The maximum absolute atomic E-state index is 10.1. The molecule has 0 bridgehead atoms. The maximum atomic E-state index is 10.1. The summed E-state index contributed by atoms with van der Waals surface area (Å²) in [5.41, 5.74) is -0.755. The molecule has 2 fully saturated rings. The van der Waals surface area contributed by atoms with E-state index in [0.29, 0.717) is 0 Å². The Balaban J connectivity index is 2.13. The van der Waals surface area contributed by atoms with Crippen molar-refractivity contribution in [3.8, 4) is 6.07 Å². The predicted molar refractivity (Wildman–Crippen MR) is 45.2 cm³/mol. The Morgan fingerprint density at radius 1 is 1.25 bits per heavy atom. The zero-order valence-corrected chi connectivity index (χ0v) is 7.72. The first kappa shape index (κ1) is 8.07. The molecule has 2 nitrogen and oxygen atoms in total. The molecule has 66 valence electrons. The Labute approximate surface area is 73.2 Å². The van der Waals surface area contributed by atoms with Gasteiger partial charge in [0.2, 0.25) is 0 Å². The van der Waals surface area contributed by atoms with Gasteiger partial charge in [-0.2, -0.15) is 5.26 Å². The lowest BCUT2D eigenvalue weighted by Gasteiger charge is -2.52. The van der Waals surface area contributed by atoms with E-state index in [2.05, 4.69) is 19.9 Å². The Kier molecular flexibility index (Phi) is 1.24. The van der Waals surface area contributed by atoms with E-state index in [9.17, 15) is 5.11 Å². The number of nitrogens with zero attached hydrogens (tertiary/aromatic N) is 1. The summed E-state index contributed by atoms with van der Waals surface area (Å²) in [5, 5.41) is 19.0. The molecular weight excluding hydrogens is 150 g/mol. The highest BCUT2D eigenvalue weighted by atomic mass is 16.3. The van der Waals surface area contributed by atoms with Gasteiger partial charge < -0.3 is 5.11 Å². The molecule has 12 heavy (non-hydrogen) atoms. The zero-order chi connectivity index (χ0) is 9.04. The monoisotopic (exact) mass is 165 g/mol. The molecule has 0 heterocycles. The second-order valence-corrected chi connectivity index (χ2v) is 5.24. The van der Waals surface area contributed by atoms with Gasteiger partial charge in [0.05, 0.1) is 17.1 Å². The van der Waals surface area contributed by atoms with Crippen LogP contribution in [0.1, 0.15) is 39.5 Å². The predicted octanol–water partition coefficient (Wildman–Crippen LogP) is 1.84. The van der Waals surface area contributed by atoms with E-state index in [-0.39, 0.29) is 10.8 Å². The smallest absolute Gasteiger partial charge is 0.0861 e. The Hall–Kier alpha value is -0.550. The van der Waals surface area contributed by atoms with E-state index in [1.54, 1.807) is 0 Å². The van der Waals surface area contributed by atoms with Gasteiger partial charge in [0.25, 0.3) is 0 Å². The largest absolute Gasteiger partial charge is 0.388 e. The molecule has 0 amide bonds. The molecule has 0 radical (unpaired) electrons. The van der Waals surface area contributed by atoms with E-state index < -0.39 is 5.60 Å². The van der Waals surface area contributed by atoms with Crippen LogP contribution in [0.15, 0.2) is 0 Å². The normalized spacial score (nSPS) is 33.2. The lowest BCUT2D eigenvalue weighted by molar-refractivity contribution is -0.146. The van der Waals surface area contributed by atoms with Crippen LogP contribution in [0.3, 0.4) is 0 Å². The highest BCUT2D eigenvalue weighted by molar-refractivity contribution is 5.25. The number of rotatable bonds is 1. The van der Waals surface area contributed by atoms with Gasteiger partial charge >= 0.3 is 0 Å². The minimum atomic E-state index is -0.648. The first-order valence-electron chi connectivity index (χ1n) is 4.57. The van der Waals surface area contributed by atoms with Gasteiger partial charge in [0.15, 0.2) is 0 Å². The number of hydrogen-bond donors (Lipinski definition) is 1. The highest BCUT2D eigenvalue weighted by Gasteiger charge is 2.66. The lowest BCUT2D eigenvalue weighted by Crippen LogP contribution is -2.54. The van der Waals surface area contributed by atoms with E-state index in [4.69, 9.17) is 5.26 Å². The molecule has 0 unspecified atom stereocenters. The molecule has 2 heteroatoms. The fourth-order valence-corrected chi connectivity index (χ4v) is 2.68. The van der Waals surface area contributed by atoms with Gasteiger partial charge in [-0.1, -0.05) is 13.8 Å². The number of nitriles is 1. The summed E-state index contributed by atoms with van der Waals surface area (Å²) >= 11 is 0. The van der Waals surface area contributed by atoms with Crippen molar-refractivity contribution in [3.63, 3.8) is 0 Å². The van der Waals surface area contributed by atoms with Crippen molar-refractivity contribution in [1.29, 1.82) is 5.26 Å². The van der Waals surface area contributed by atoms with E-state index >= 15 is 0 Å². The van der Waals surface area contributed by atoms with Gasteiger partial charge in [0.1, 0.15) is 0 Å². The Morgan fingerprint density at radius 2 is 1.75 bits per heavy atom. The van der Waals surface area contributed by atoms with Crippen LogP contribution in [0, 0.1) is 22.2 Å². The Morgan fingerprint density at radius 3 is 2.00 bits per heavy atom. The summed E-state index contributed by atoms with van der Waals surface area (Å²) in [6.45, 7) is 4.30. The number of aliphatic hydroxyl groups is 1. The molecule has 0 saturated heterocycles. The summed E-state index contributed by atoms with van der Waals surface area (Å²) in [5.74, 6) is 0. The molecule has 2 saturated carbocycles. The lowest BCUT2D eigenvalue weighted by atomic mass is 9.56. The SMILES string of the molecule is CC1(C)CC(O)(C2(C#N)CC2)C1. The highest BCUT2D eigenvalue weighted by Crippen LogP contribution is 2.65. The molecule has 2 rings (SSSR count). The average Bonchev–Trinajstić information content (AvgIpc) is 2.61. The van der Waals surface area contributed by atoms with Gasteiger partial charge in [-0.25, -0.2) is 0 Å². The van der Waals surface area contributed by atoms with E-state index in [1.165, 1.54) is 0 Å². The van der Waals surface area contributed by atoms with Crippen LogP contribution in [-0.2, 0) is 0 Å². The molecule has 2 aliphatic rings. The third-order valence-corrected chi connectivity index (χ3v) is 3.40. The van der Waals surface area contributed by atoms with Gasteiger partial charge in [0, 0.05) is 0 Å². The van der Waals surface area contributed by atoms with Crippen molar-refractivity contribution in [2.24, 2.45) is 10.8 Å². The van der Waals surface area contributed by atoms with Crippen LogP contribution >= 0.6 is 0 Å². The van der Waals surface area contributed by atoms with Crippen LogP contribution in [0.25, 0.3) is 0 Å². The molecule has 0 spiro atoms. The van der Waals surface area contributed by atoms with Gasteiger partial charge in [-0.3, -0.25) is 0 Å². The summed E-state index contributed by atoms with van der Waals surface area (Å²) < 4.78 is 0. The summed E-state index contributed by atoms with van der Waals surface area (Å²) in [6, 6.07) is 2.28. The molecule has 0 aliphatic heterocycles. The minimum absolute atomic E-state index is 0.251. The van der Waals surface area contributed by atoms with Gasteiger partial charge in [-0.05, 0) is 31.1 Å². The first-order chi connectivity index (χ1) is 5.43. The van der Waals surface area contributed by atoms with Crippen LogP contribution in [0.2, 0.25) is 0 Å². The van der Waals surface area contributed by atoms with E-state index in [1.807, 2.05) is 0 Å². The quantitative estimate of drug-likeness (QED) is 0.644. The summed E-state index contributed by atoms with van der Waals surface area (Å²) in [6.07, 6.45) is 3.40. The fraction of sp³-hybridized carbons (Fsp3) is 0.900. The molecular formula is C10H15NO. The second-order valence-electron chi connectivity index (χ2n) is 5.24. The summed E-state index contributed by atoms with van der Waals surface area (Å²) in [4.78, 5) is 0. The van der Waals surface area contributed by atoms with Crippen LogP contribution in [-0.4, -0.2) is 10.7 Å². The van der Waals surface area contributed by atoms with Crippen molar-refractivity contribution in [1.82, 2.24) is 0 Å². The third-order valence-electron chi connectivity index (χ3n) is 3.40. The van der Waals surface area contributed by atoms with Crippen LogP contribution < -0.4 is 0 Å². The van der Waals surface area contributed by atoms with Crippen molar-refractivity contribution in [3.05, 3.63) is 0 Å². The Bertz CT molecular complexity index is 250. The topological polar surface area (TPSA) is 44.0 Å². The van der Waals surface area contributed by atoms with E-state index in [0.717, 1.165) is 25.7 Å². The van der Waals surface area contributed by atoms with Gasteiger partial charge in [-0.15, -0.1) is 0 Å². The standard InChI is InChI=1S/C10H15NO/c1-8(2)5-10(12,6-8)9(7-11)3-4-9/h12H,3-6H2,1-2H3. The van der Waals surface area contributed by atoms with Crippen molar-refractivity contribution in [2.75, 3.05) is 0 Å². The van der Waals surface area contributed by atoms with Crippen LogP contribution in [0.4, 0.5) is 0 Å². The average molecular weight is 165 g/mol. The first-order valence-corrected chi connectivity index (χ1v) is 4.57. The number of hydrogen-bond acceptors (Lipinski definition) is 2.